The first-order chi connectivity index (χ1) is 9.47. The zero-order valence-electron chi connectivity index (χ0n) is 12.0. The second-order valence-corrected chi connectivity index (χ2v) is 5.05. The molecular formula is C16H20N2O2. The van der Waals surface area contributed by atoms with Crippen LogP contribution >= 0.6 is 0 Å². The van der Waals surface area contributed by atoms with E-state index in [0.717, 1.165) is 17.1 Å². The predicted molar refractivity (Wildman–Crippen MR) is 79.8 cm³/mol. The van der Waals surface area contributed by atoms with Gasteiger partial charge < -0.3 is 15.1 Å². The van der Waals surface area contributed by atoms with Gasteiger partial charge in [-0.05, 0) is 32.0 Å². The fraction of sp³-hybridized carbons (Fsp3) is 0.312. The minimum absolute atomic E-state index is 0.113. The standard InChI is InChI=1S/C16H20N2O2/c1-11-5-4-6-13(17-11)10-18(3)14-7-8-15(12(2)19)16(20)9-14/h4-9,12,19-20H,10H2,1-3H3. The Balaban J connectivity index is 2.17. The van der Waals surface area contributed by atoms with Gasteiger partial charge in [0.2, 0.25) is 0 Å². The van der Waals surface area contributed by atoms with Crippen LogP contribution in [0.15, 0.2) is 36.4 Å². The van der Waals surface area contributed by atoms with Crippen LogP contribution in [0.5, 0.6) is 5.75 Å². The molecule has 0 saturated carbocycles. The Morgan fingerprint density at radius 1 is 1.25 bits per heavy atom. The van der Waals surface area contributed by atoms with Gasteiger partial charge in [0.25, 0.3) is 0 Å². The minimum atomic E-state index is -0.673. The first-order valence-corrected chi connectivity index (χ1v) is 6.62. The third kappa shape index (κ3) is 3.27. The van der Waals surface area contributed by atoms with Crippen LogP contribution in [-0.2, 0) is 6.54 Å². The number of aliphatic hydroxyl groups excluding tert-OH is 1. The average molecular weight is 272 g/mol. The van der Waals surface area contributed by atoms with E-state index in [1.165, 1.54) is 0 Å². The van der Waals surface area contributed by atoms with Gasteiger partial charge in [0.1, 0.15) is 5.75 Å². The molecule has 4 nitrogen and oxygen atoms in total. The molecule has 1 atom stereocenters. The summed E-state index contributed by atoms with van der Waals surface area (Å²) < 4.78 is 0. The lowest BCUT2D eigenvalue weighted by Gasteiger charge is -2.20. The average Bonchev–Trinajstić information content (AvgIpc) is 2.38. The number of aromatic hydroxyl groups is 1. The number of phenols is 1. The van der Waals surface area contributed by atoms with E-state index in [4.69, 9.17) is 0 Å². The number of aliphatic hydroxyl groups is 1. The van der Waals surface area contributed by atoms with E-state index in [2.05, 4.69) is 4.98 Å². The Morgan fingerprint density at radius 3 is 2.60 bits per heavy atom. The molecule has 2 N–H and O–H groups in total. The molecule has 0 spiro atoms. The van der Waals surface area contributed by atoms with Crippen LogP contribution in [0.3, 0.4) is 0 Å². The molecule has 4 heteroatoms. The molecule has 2 rings (SSSR count). The summed E-state index contributed by atoms with van der Waals surface area (Å²) in [5.41, 5.74) is 3.39. The van der Waals surface area contributed by atoms with Gasteiger partial charge in [-0.3, -0.25) is 4.98 Å². The number of nitrogens with zero attached hydrogens (tertiary/aromatic N) is 2. The van der Waals surface area contributed by atoms with E-state index < -0.39 is 6.10 Å². The maximum absolute atomic E-state index is 9.92. The molecule has 0 amide bonds. The molecule has 0 radical (unpaired) electrons. The van der Waals surface area contributed by atoms with Gasteiger partial charge in [-0.1, -0.05) is 12.1 Å². The van der Waals surface area contributed by atoms with E-state index in [1.54, 1.807) is 19.1 Å². The molecule has 0 aliphatic heterocycles. The first kappa shape index (κ1) is 14.3. The number of hydrogen-bond acceptors (Lipinski definition) is 4. The summed E-state index contributed by atoms with van der Waals surface area (Å²) in [5, 5.41) is 19.4. The van der Waals surface area contributed by atoms with E-state index >= 15 is 0 Å². The van der Waals surface area contributed by atoms with Gasteiger partial charge in [-0.25, -0.2) is 0 Å². The molecule has 106 valence electrons. The monoisotopic (exact) mass is 272 g/mol. The van der Waals surface area contributed by atoms with Crippen molar-refractivity contribution >= 4 is 5.69 Å². The summed E-state index contributed by atoms with van der Waals surface area (Å²) >= 11 is 0. The van der Waals surface area contributed by atoms with Crippen LogP contribution in [0.2, 0.25) is 0 Å². The molecule has 1 aromatic heterocycles. The molecule has 0 aliphatic carbocycles. The highest BCUT2D eigenvalue weighted by atomic mass is 16.3. The lowest BCUT2D eigenvalue weighted by molar-refractivity contribution is 0.195. The van der Waals surface area contributed by atoms with Crippen molar-refractivity contribution in [3.8, 4) is 5.75 Å². The van der Waals surface area contributed by atoms with Crippen molar-refractivity contribution in [2.45, 2.75) is 26.5 Å². The van der Waals surface area contributed by atoms with Gasteiger partial charge in [0.05, 0.1) is 18.3 Å². The summed E-state index contributed by atoms with van der Waals surface area (Å²) in [5.74, 6) is 0.113. The smallest absolute Gasteiger partial charge is 0.123 e. The van der Waals surface area contributed by atoms with Gasteiger partial charge in [0.15, 0.2) is 0 Å². The van der Waals surface area contributed by atoms with Crippen molar-refractivity contribution in [1.29, 1.82) is 0 Å². The third-order valence-corrected chi connectivity index (χ3v) is 3.25. The molecule has 20 heavy (non-hydrogen) atoms. The number of aromatic nitrogens is 1. The molecule has 0 saturated heterocycles. The highest BCUT2D eigenvalue weighted by Gasteiger charge is 2.10. The second-order valence-electron chi connectivity index (χ2n) is 5.05. The Bertz CT molecular complexity index is 597. The number of anilines is 1. The van der Waals surface area contributed by atoms with Crippen LogP contribution < -0.4 is 4.90 Å². The fourth-order valence-corrected chi connectivity index (χ4v) is 2.14. The van der Waals surface area contributed by atoms with Crippen LogP contribution in [0, 0.1) is 6.92 Å². The minimum Gasteiger partial charge on any atom is -0.507 e. The van der Waals surface area contributed by atoms with Gasteiger partial charge in [0, 0.05) is 30.1 Å². The maximum Gasteiger partial charge on any atom is 0.123 e. The summed E-state index contributed by atoms with van der Waals surface area (Å²) in [6.45, 7) is 4.26. The SMILES string of the molecule is Cc1cccc(CN(C)c2ccc(C(C)O)c(O)c2)n1. The number of aryl methyl sites for hydroxylation is 1. The van der Waals surface area contributed by atoms with Crippen LogP contribution in [0.4, 0.5) is 5.69 Å². The van der Waals surface area contributed by atoms with Crippen molar-refractivity contribution in [3.05, 3.63) is 53.3 Å². The van der Waals surface area contributed by atoms with Gasteiger partial charge in [-0.15, -0.1) is 0 Å². The maximum atomic E-state index is 9.92. The van der Waals surface area contributed by atoms with E-state index in [9.17, 15) is 10.2 Å². The Kier molecular flexibility index (Phi) is 4.25. The Morgan fingerprint density at radius 2 is 2.00 bits per heavy atom. The molecule has 1 unspecified atom stereocenters. The zero-order chi connectivity index (χ0) is 14.7. The summed E-state index contributed by atoms with van der Waals surface area (Å²) in [7, 11) is 1.95. The van der Waals surface area contributed by atoms with E-state index in [1.807, 2.05) is 43.1 Å². The third-order valence-electron chi connectivity index (χ3n) is 3.25. The molecule has 0 bridgehead atoms. The van der Waals surface area contributed by atoms with Crippen molar-refractivity contribution in [3.63, 3.8) is 0 Å². The Labute approximate surface area is 119 Å². The lowest BCUT2D eigenvalue weighted by atomic mass is 10.1. The number of rotatable bonds is 4. The van der Waals surface area contributed by atoms with Crippen LogP contribution in [0.1, 0.15) is 30.0 Å². The van der Waals surface area contributed by atoms with Crippen molar-refractivity contribution in [2.75, 3.05) is 11.9 Å². The molecule has 0 aliphatic rings. The number of benzene rings is 1. The van der Waals surface area contributed by atoms with Gasteiger partial charge in [-0.2, -0.15) is 0 Å². The first-order valence-electron chi connectivity index (χ1n) is 6.62. The molecular weight excluding hydrogens is 252 g/mol. The van der Waals surface area contributed by atoms with Crippen molar-refractivity contribution < 1.29 is 10.2 Å². The fourth-order valence-electron chi connectivity index (χ4n) is 2.14. The predicted octanol–water partition coefficient (Wildman–Crippen LogP) is 2.79. The van der Waals surface area contributed by atoms with Crippen LogP contribution in [-0.4, -0.2) is 22.2 Å². The summed E-state index contributed by atoms with van der Waals surface area (Å²) in [6.07, 6.45) is -0.673. The summed E-state index contributed by atoms with van der Waals surface area (Å²) in [6, 6.07) is 11.2. The van der Waals surface area contributed by atoms with E-state index in [0.29, 0.717) is 12.1 Å². The zero-order valence-corrected chi connectivity index (χ0v) is 12.0. The molecule has 0 fully saturated rings. The molecule has 1 heterocycles. The normalized spacial score (nSPS) is 12.2. The lowest BCUT2D eigenvalue weighted by Crippen LogP contribution is -2.17. The van der Waals surface area contributed by atoms with Gasteiger partial charge >= 0.3 is 0 Å². The highest BCUT2D eigenvalue weighted by molar-refractivity contribution is 5.53. The van der Waals surface area contributed by atoms with Crippen LogP contribution in [0.25, 0.3) is 0 Å². The number of phenolic OH excluding ortho intramolecular Hbond substituents is 1. The molecule has 1 aromatic carbocycles. The summed E-state index contributed by atoms with van der Waals surface area (Å²) in [4.78, 5) is 6.47. The largest absolute Gasteiger partial charge is 0.507 e. The number of pyridine rings is 1. The second kappa shape index (κ2) is 5.92. The van der Waals surface area contributed by atoms with Crippen molar-refractivity contribution in [2.24, 2.45) is 0 Å². The van der Waals surface area contributed by atoms with E-state index in [-0.39, 0.29) is 5.75 Å². The number of hydrogen-bond donors (Lipinski definition) is 2. The molecule has 2 aromatic rings. The van der Waals surface area contributed by atoms with Crippen molar-refractivity contribution in [1.82, 2.24) is 4.98 Å². The quantitative estimate of drug-likeness (QED) is 0.898. The Hall–Kier alpha value is -2.07. The topological polar surface area (TPSA) is 56.6 Å². The highest BCUT2D eigenvalue weighted by Crippen LogP contribution is 2.28.